The Morgan fingerprint density at radius 3 is 2.08 bits per heavy atom. The number of halogens is 2. The van der Waals surface area contributed by atoms with Crippen molar-refractivity contribution in [3.63, 3.8) is 0 Å². The molecule has 0 amide bonds. The fourth-order valence-electron chi connectivity index (χ4n) is 1.60. The molecule has 0 saturated heterocycles. The molecule has 0 aromatic rings. The van der Waals surface area contributed by atoms with Crippen molar-refractivity contribution in [2.24, 2.45) is 16.3 Å². The number of nitrogens with zero attached hydrogens (tertiary/aromatic N) is 2. The van der Waals surface area contributed by atoms with Crippen molar-refractivity contribution in [1.29, 1.82) is 0 Å². The molecule has 0 atom stereocenters. The first kappa shape index (κ1) is 12.7. The van der Waals surface area contributed by atoms with Gasteiger partial charge in [0, 0.05) is 0 Å². The summed E-state index contributed by atoms with van der Waals surface area (Å²) in [5.41, 5.74) is 5.71. The molecule has 2 N–H and O–H groups in total. The maximum absolute atomic E-state index is 6.03. The normalized spacial score (nSPS) is 19.8. The van der Waals surface area contributed by atoms with Crippen molar-refractivity contribution >= 4 is 22.6 Å². The second-order valence-electron chi connectivity index (χ2n) is 3.09. The van der Waals surface area contributed by atoms with Crippen molar-refractivity contribution in [1.82, 2.24) is 0 Å². The summed E-state index contributed by atoms with van der Waals surface area (Å²) in [6, 6.07) is 0. The van der Waals surface area contributed by atoms with E-state index in [1.807, 2.05) is 7.05 Å². The van der Waals surface area contributed by atoms with Crippen LogP contribution in [0, 0.1) is 5.41 Å². The van der Waals surface area contributed by atoms with Gasteiger partial charge in [0.2, 0.25) is 0 Å². The Hall–Kier alpha value is -0.280. The van der Waals surface area contributed by atoms with Gasteiger partial charge in [-0.3, -0.25) is 5.73 Å². The van der Waals surface area contributed by atoms with Gasteiger partial charge in [-0.25, -0.2) is 0 Å². The minimum Gasteiger partial charge on any atom is -1.00 e. The minimum absolute atomic E-state index is 0. The largest absolute Gasteiger partial charge is 1.00 e. The van der Waals surface area contributed by atoms with Crippen LogP contribution in [0.5, 0.6) is 0 Å². The molecule has 13 heavy (non-hydrogen) atoms. The third-order valence-electron chi connectivity index (χ3n) is 2.68. The first-order valence-electron chi connectivity index (χ1n) is 4.19. The van der Waals surface area contributed by atoms with Crippen LogP contribution in [-0.4, -0.2) is 22.7 Å². The van der Waals surface area contributed by atoms with E-state index >= 15 is 0 Å². The number of hydrogen-bond donors (Lipinski definition) is 1. The van der Waals surface area contributed by atoms with Gasteiger partial charge in [0.25, 0.3) is 5.84 Å². The van der Waals surface area contributed by atoms with Crippen molar-refractivity contribution in [3.8, 4) is 0 Å². The molecule has 0 aromatic carbocycles. The lowest BCUT2D eigenvalue weighted by molar-refractivity contribution is -0.501. The quantitative estimate of drug-likeness (QED) is 0.562. The molecule has 1 aliphatic rings. The van der Waals surface area contributed by atoms with Gasteiger partial charge in [0.15, 0.2) is 5.17 Å². The van der Waals surface area contributed by atoms with Gasteiger partial charge >= 0.3 is 0 Å². The summed E-state index contributed by atoms with van der Waals surface area (Å²) in [6.45, 7) is 4.15. The van der Waals surface area contributed by atoms with Gasteiger partial charge in [0.1, 0.15) is 12.5 Å². The number of rotatable bonds is 2. The average Bonchev–Trinajstić information content (AvgIpc) is 2.26. The maximum Gasteiger partial charge on any atom is 0.281 e. The van der Waals surface area contributed by atoms with E-state index in [1.165, 1.54) is 0 Å². The van der Waals surface area contributed by atoms with Crippen LogP contribution in [0.4, 0.5) is 0 Å². The highest BCUT2D eigenvalue weighted by molar-refractivity contribution is 6.68. The smallest absolute Gasteiger partial charge is 0.281 e. The van der Waals surface area contributed by atoms with Crippen LogP contribution in [0.2, 0.25) is 0 Å². The van der Waals surface area contributed by atoms with Crippen molar-refractivity contribution in [2.75, 3.05) is 7.05 Å². The second kappa shape index (κ2) is 4.29. The molecule has 0 radical (unpaired) electrons. The first-order valence-corrected chi connectivity index (χ1v) is 4.57. The predicted molar refractivity (Wildman–Crippen MR) is 51.7 cm³/mol. The lowest BCUT2D eigenvalue weighted by Crippen LogP contribution is -3.00. The van der Waals surface area contributed by atoms with E-state index in [9.17, 15) is 0 Å². The molecule has 76 valence electrons. The summed E-state index contributed by atoms with van der Waals surface area (Å²) in [7, 11) is 1.82. The number of nitrogens with two attached hydrogens (primary N) is 1. The molecule has 0 spiro atoms. The Balaban J connectivity index is 0.00000144. The topological polar surface area (TPSA) is 41.4 Å². The summed E-state index contributed by atoms with van der Waals surface area (Å²) in [4.78, 5) is 0. The Morgan fingerprint density at radius 1 is 1.46 bits per heavy atom. The SMILES string of the molecule is CCC1(CC)C(Cl)=N[N+](C)=C1N.[Cl-]. The van der Waals surface area contributed by atoms with E-state index in [4.69, 9.17) is 17.3 Å². The monoisotopic (exact) mass is 223 g/mol. The number of amidine groups is 1. The summed E-state index contributed by atoms with van der Waals surface area (Å²) >= 11 is 6.03. The fourth-order valence-corrected chi connectivity index (χ4v) is 2.08. The van der Waals surface area contributed by atoms with Crippen LogP contribution in [0.3, 0.4) is 0 Å². The predicted octanol–water partition coefficient (Wildman–Crippen LogP) is -1.64. The highest BCUT2D eigenvalue weighted by Crippen LogP contribution is 2.33. The lowest BCUT2D eigenvalue weighted by atomic mass is 9.83. The van der Waals surface area contributed by atoms with Gasteiger partial charge in [-0.05, 0) is 12.8 Å². The highest BCUT2D eigenvalue weighted by Gasteiger charge is 2.46. The van der Waals surface area contributed by atoms with E-state index in [-0.39, 0.29) is 17.8 Å². The Bertz CT molecular complexity index is 254. The molecule has 5 heteroatoms. The Morgan fingerprint density at radius 2 is 1.92 bits per heavy atom. The van der Waals surface area contributed by atoms with E-state index in [0.717, 1.165) is 18.7 Å². The van der Waals surface area contributed by atoms with Crippen LogP contribution in [0.15, 0.2) is 5.10 Å². The van der Waals surface area contributed by atoms with Crippen molar-refractivity contribution in [3.05, 3.63) is 0 Å². The Labute approximate surface area is 90.1 Å². The zero-order chi connectivity index (χ0) is 9.35. The summed E-state index contributed by atoms with van der Waals surface area (Å²) in [6.07, 6.45) is 1.81. The molecule has 1 aliphatic heterocycles. The van der Waals surface area contributed by atoms with Gasteiger partial charge in [-0.1, -0.05) is 30.5 Å². The molecule has 0 bridgehead atoms. The third-order valence-corrected chi connectivity index (χ3v) is 3.12. The summed E-state index contributed by atoms with van der Waals surface area (Å²) in [5.74, 6) is 0.762. The summed E-state index contributed by atoms with van der Waals surface area (Å²) in [5, 5.41) is 4.74. The number of hydrazone groups is 1. The van der Waals surface area contributed by atoms with Gasteiger partial charge in [0.05, 0.1) is 0 Å². The molecule has 3 nitrogen and oxygen atoms in total. The summed E-state index contributed by atoms with van der Waals surface area (Å²) < 4.78 is 1.66. The van der Waals surface area contributed by atoms with Crippen LogP contribution in [0.25, 0.3) is 0 Å². The zero-order valence-corrected chi connectivity index (χ0v) is 9.65. The highest BCUT2D eigenvalue weighted by atomic mass is 35.5. The van der Waals surface area contributed by atoms with Crippen LogP contribution >= 0.6 is 11.6 Å². The zero-order valence-electron chi connectivity index (χ0n) is 8.14. The van der Waals surface area contributed by atoms with Gasteiger partial charge in [-0.2, -0.15) is 0 Å². The average molecular weight is 224 g/mol. The number of hydrogen-bond acceptors (Lipinski definition) is 2. The molecule has 0 aliphatic carbocycles. The van der Waals surface area contributed by atoms with Crippen molar-refractivity contribution < 1.29 is 17.1 Å². The van der Waals surface area contributed by atoms with E-state index in [0.29, 0.717) is 5.17 Å². The molecule has 0 aromatic heterocycles. The first-order chi connectivity index (χ1) is 5.58. The molecular formula is C8H15Cl2N3. The Kier molecular flexibility index (Phi) is 4.20. The molecule has 0 saturated carbocycles. The standard InChI is InChI=1S/C8H14ClN3.ClH/c1-4-8(5-2)6(9)11-12(3)7(8)10;/h10H,4-5H2,1-3H3;1H. The molecular weight excluding hydrogens is 209 g/mol. The van der Waals surface area contributed by atoms with Crippen LogP contribution in [-0.2, 0) is 0 Å². The maximum atomic E-state index is 6.03. The second-order valence-corrected chi connectivity index (χ2v) is 3.45. The van der Waals surface area contributed by atoms with Crippen molar-refractivity contribution in [2.45, 2.75) is 26.7 Å². The van der Waals surface area contributed by atoms with E-state index in [1.54, 1.807) is 4.68 Å². The third kappa shape index (κ3) is 1.67. The lowest BCUT2D eigenvalue weighted by Gasteiger charge is -2.20. The van der Waals surface area contributed by atoms with Crippen LogP contribution in [0.1, 0.15) is 26.7 Å². The van der Waals surface area contributed by atoms with Gasteiger partial charge in [-0.15, -0.1) is 4.68 Å². The molecule has 1 rings (SSSR count). The molecule has 0 unspecified atom stereocenters. The van der Waals surface area contributed by atoms with E-state index < -0.39 is 0 Å². The van der Waals surface area contributed by atoms with Gasteiger partial charge < -0.3 is 12.4 Å². The fraction of sp³-hybridized carbons (Fsp3) is 0.750. The van der Waals surface area contributed by atoms with E-state index in [2.05, 4.69) is 18.9 Å². The molecule has 0 fully saturated rings. The molecule has 1 heterocycles. The minimum atomic E-state index is -0.198. The van der Waals surface area contributed by atoms with Crippen LogP contribution < -0.4 is 18.1 Å².